The molecule has 28 heavy (non-hydrogen) atoms. The Kier molecular flexibility index (Phi) is 25.3. The summed E-state index contributed by atoms with van der Waals surface area (Å²) < 4.78 is 2.22. The summed E-state index contributed by atoms with van der Waals surface area (Å²) in [6.45, 7) is 17.3. The molecule has 0 spiro atoms. The molecule has 2 N–H and O–H groups in total. The molecule has 0 atom stereocenters. The van der Waals surface area contributed by atoms with Gasteiger partial charge in [-0.2, -0.15) is 0 Å². The van der Waals surface area contributed by atoms with Gasteiger partial charge in [-0.25, -0.2) is 4.98 Å². The smallest absolute Gasteiger partial charge is 0.106 e. The summed E-state index contributed by atoms with van der Waals surface area (Å²) in [6, 6.07) is 0. The van der Waals surface area contributed by atoms with Crippen LogP contribution in [0.3, 0.4) is 0 Å². The summed E-state index contributed by atoms with van der Waals surface area (Å²) in [6.07, 6.45) is 13.8. The molecule has 5 nitrogen and oxygen atoms in total. The van der Waals surface area contributed by atoms with E-state index >= 15 is 0 Å². The van der Waals surface area contributed by atoms with Crippen molar-refractivity contribution in [3.8, 4) is 0 Å². The van der Waals surface area contributed by atoms with Crippen LogP contribution in [-0.2, 0) is 17.6 Å². The zero-order valence-electron chi connectivity index (χ0n) is 19.2. The van der Waals surface area contributed by atoms with Gasteiger partial charge >= 0.3 is 0 Å². The molecular weight excluding hydrogens is 350 g/mol. The van der Waals surface area contributed by atoms with E-state index < -0.39 is 0 Å². The van der Waals surface area contributed by atoms with E-state index in [9.17, 15) is 0 Å². The second-order valence-electron chi connectivity index (χ2n) is 5.55. The SMILES string of the molecule is C=C/C(C)=C(\C=C/C)n1cnc(CCCCCNC)c1CC.C=O.CC.CO. The first-order valence-corrected chi connectivity index (χ1v) is 10.1. The predicted octanol–water partition coefficient (Wildman–Crippen LogP) is 4.82. The zero-order chi connectivity index (χ0) is 22.4. The molecule has 1 aromatic heterocycles. The minimum absolute atomic E-state index is 0.997. The monoisotopic (exact) mass is 393 g/mol. The number of aliphatic hydroxyl groups is 1. The van der Waals surface area contributed by atoms with Crippen LogP contribution >= 0.6 is 0 Å². The first-order valence-electron chi connectivity index (χ1n) is 10.1. The maximum atomic E-state index is 8.00. The molecular formula is C23H43N3O2. The Hall–Kier alpha value is -1.98. The molecule has 162 valence electrons. The van der Waals surface area contributed by atoms with Crippen LogP contribution in [0.2, 0.25) is 0 Å². The summed E-state index contributed by atoms with van der Waals surface area (Å²) in [7, 11) is 3.01. The molecule has 0 fully saturated rings. The van der Waals surface area contributed by atoms with Crippen molar-refractivity contribution in [2.24, 2.45) is 0 Å². The summed E-state index contributed by atoms with van der Waals surface area (Å²) in [5, 5.41) is 10.2. The van der Waals surface area contributed by atoms with Crippen LogP contribution in [0.4, 0.5) is 0 Å². The second-order valence-corrected chi connectivity index (χ2v) is 5.55. The average molecular weight is 394 g/mol. The fourth-order valence-electron chi connectivity index (χ4n) is 2.64. The number of aromatic nitrogens is 2. The lowest BCUT2D eigenvalue weighted by Gasteiger charge is -2.12. The summed E-state index contributed by atoms with van der Waals surface area (Å²) in [4.78, 5) is 12.7. The standard InChI is InChI=1S/C19H31N3.C2H6.CH4O.CH2O/c1-6-12-19(16(4)7-2)22-15-21-17(18(22)8-3)13-10-9-11-14-20-5;3*1-2/h6-7,12,15,20H,2,8-11,13-14H2,1,3-5H3;1-2H3;2H,1H3;1H2/b12-6-,19-16+;;;. The van der Waals surface area contributed by atoms with Gasteiger partial charge in [0.1, 0.15) is 6.79 Å². The van der Waals surface area contributed by atoms with Crippen molar-refractivity contribution < 1.29 is 9.90 Å². The molecule has 0 aliphatic rings. The minimum Gasteiger partial charge on any atom is -0.400 e. The molecule has 0 unspecified atom stereocenters. The van der Waals surface area contributed by atoms with Crippen LogP contribution in [0.25, 0.3) is 5.70 Å². The fraction of sp³-hybridized carbons (Fsp3) is 0.565. The number of carbonyl (C=O) groups is 1. The lowest BCUT2D eigenvalue weighted by atomic mass is 10.1. The van der Waals surface area contributed by atoms with E-state index in [1.165, 1.54) is 41.9 Å². The maximum Gasteiger partial charge on any atom is 0.106 e. The van der Waals surface area contributed by atoms with E-state index in [1.54, 1.807) is 0 Å². The van der Waals surface area contributed by atoms with E-state index in [-0.39, 0.29) is 0 Å². The van der Waals surface area contributed by atoms with Gasteiger partial charge in [-0.05, 0) is 64.8 Å². The number of rotatable bonds is 10. The van der Waals surface area contributed by atoms with Gasteiger partial charge in [0.05, 0.1) is 12.0 Å². The van der Waals surface area contributed by atoms with Crippen molar-refractivity contribution in [3.05, 3.63) is 48.1 Å². The van der Waals surface area contributed by atoms with Crippen LogP contribution in [0.5, 0.6) is 0 Å². The Morgan fingerprint density at radius 1 is 1.25 bits per heavy atom. The molecule has 5 heteroatoms. The molecule has 0 saturated heterocycles. The van der Waals surface area contributed by atoms with Crippen molar-refractivity contribution in [2.45, 2.75) is 66.7 Å². The Bertz CT molecular complexity index is 546. The third-order valence-electron chi connectivity index (χ3n) is 3.92. The lowest BCUT2D eigenvalue weighted by molar-refractivity contribution is -0.0979. The number of aryl methyl sites for hydroxylation is 1. The van der Waals surface area contributed by atoms with Gasteiger partial charge in [0, 0.05) is 18.5 Å². The molecule has 0 aliphatic heterocycles. The predicted molar refractivity (Wildman–Crippen MR) is 124 cm³/mol. The van der Waals surface area contributed by atoms with E-state index in [4.69, 9.17) is 9.90 Å². The lowest BCUT2D eigenvalue weighted by Crippen LogP contribution is -2.07. The van der Waals surface area contributed by atoms with Crippen LogP contribution in [0, 0.1) is 0 Å². The number of imidazole rings is 1. The van der Waals surface area contributed by atoms with Crippen LogP contribution < -0.4 is 5.32 Å². The number of nitrogens with zero attached hydrogens (tertiary/aromatic N) is 2. The van der Waals surface area contributed by atoms with Gasteiger partial charge in [0.25, 0.3) is 0 Å². The van der Waals surface area contributed by atoms with Gasteiger partial charge in [-0.1, -0.05) is 45.9 Å². The number of hydrogen-bond acceptors (Lipinski definition) is 4. The molecule has 1 aromatic rings. The molecule has 1 rings (SSSR count). The molecule has 0 aromatic carbocycles. The van der Waals surface area contributed by atoms with Gasteiger partial charge in [0.15, 0.2) is 0 Å². The van der Waals surface area contributed by atoms with E-state index in [2.05, 4.69) is 47.4 Å². The second kappa shape index (κ2) is 23.1. The minimum atomic E-state index is 0.997. The quantitative estimate of drug-likeness (QED) is 0.442. The number of allylic oxidation sites excluding steroid dienone is 5. The van der Waals surface area contributed by atoms with E-state index in [1.807, 2.05) is 47.0 Å². The normalized spacial score (nSPS) is 10.6. The Labute approximate surface area is 173 Å². The van der Waals surface area contributed by atoms with Gasteiger partial charge in [-0.3, -0.25) is 0 Å². The maximum absolute atomic E-state index is 8.00. The molecule has 0 bridgehead atoms. The zero-order valence-corrected chi connectivity index (χ0v) is 19.2. The highest BCUT2D eigenvalue weighted by atomic mass is 16.2. The highest BCUT2D eigenvalue weighted by Gasteiger charge is 2.12. The number of aliphatic hydroxyl groups excluding tert-OH is 1. The van der Waals surface area contributed by atoms with Crippen LogP contribution in [0.15, 0.2) is 36.7 Å². The van der Waals surface area contributed by atoms with E-state index in [0.29, 0.717) is 0 Å². The number of carbonyl (C=O) groups excluding carboxylic acids is 1. The van der Waals surface area contributed by atoms with Gasteiger partial charge in [0.2, 0.25) is 0 Å². The number of unbranched alkanes of at least 4 members (excludes halogenated alkanes) is 2. The Morgan fingerprint density at radius 3 is 2.32 bits per heavy atom. The first kappa shape index (κ1) is 30.7. The Morgan fingerprint density at radius 2 is 1.86 bits per heavy atom. The van der Waals surface area contributed by atoms with Crippen molar-refractivity contribution in [1.29, 1.82) is 0 Å². The van der Waals surface area contributed by atoms with Crippen molar-refractivity contribution in [2.75, 3.05) is 20.7 Å². The highest BCUT2D eigenvalue weighted by Crippen LogP contribution is 2.21. The molecule has 0 radical (unpaired) electrons. The van der Waals surface area contributed by atoms with Crippen molar-refractivity contribution >= 4 is 12.5 Å². The fourth-order valence-corrected chi connectivity index (χ4v) is 2.64. The molecule has 0 amide bonds. The summed E-state index contributed by atoms with van der Waals surface area (Å²) in [5.41, 5.74) is 4.91. The first-order chi connectivity index (χ1) is 13.7. The molecule has 1 heterocycles. The molecule has 0 aliphatic carbocycles. The van der Waals surface area contributed by atoms with Crippen LogP contribution in [-0.4, -0.2) is 42.1 Å². The third kappa shape index (κ3) is 11.7. The van der Waals surface area contributed by atoms with Crippen molar-refractivity contribution in [3.63, 3.8) is 0 Å². The summed E-state index contributed by atoms with van der Waals surface area (Å²) >= 11 is 0. The van der Waals surface area contributed by atoms with Gasteiger partial charge < -0.3 is 19.8 Å². The van der Waals surface area contributed by atoms with Gasteiger partial charge in [-0.15, -0.1) is 0 Å². The average Bonchev–Trinajstić information content (AvgIpc) is 3.18. The highest BCUT2D eigenvalue weighted by molar-refractivity contribution is 5.64. The van der Waals surface area contributed by atoms with Crippen LogP contribution in [0.1, 0.15) is 65.3 Å². The number of hydrogen-bond donors (Lipinski definition) is 2. The van der Waals surface area contributed by atoms with Crippen molar-refractivity contribution in [1.82, 2.24) is 14.9 Å². The molecule has 0 saturated carbocycles. The Balaban J connectivity index is -0.000000946. The van der Waals surface area contributed by atoms with E-state index in [0.717, 1.165) is 26.5 Å². The number of nitrogens with one attached hydrogen (secondary N) is 1. The third-order valence-corrected chi connectivity index (χ3v) is 3.92. The topological polar surface area (TPSA) is 67.2 Å². The summed E-state index contributed by atoms with van der Waals surface area (Å²) in [5.74, 6) is 0. The largest absolute Gasteiger partial charge is 0.400 e.